The first kappa shape index (κ1) is 56.8. The number of hydrogen-bond donors (Lipinski definition) is 4. The number of methoxy groups -OCH3 is 5. The fourth-order valence-corrected chi connectivity index (χ4v) is 18.4. The molecule has 5 aromatic rings. The van der Waals surface area contributed by atoms with E-state index >= 15 is 17.6 Å². The van der Waals surface area contributed by atoms with Gasteiger partial charge in [-0.3, -0.25) is 9.59 Å². The number of H-pyrrole nitrogens is 2. The number of imidazole rings is 2. The molecule has 0 saturated carbocycles. The second kappa shape index (κ2) is 23.5. The van der Waals surface area contributed by atoms with Gasteiger partial charge < -0.3 is 63.9 Å². The Kier molecular flexibility index (Phi) is 16.7. The van der Waals surface area contributed by atoms with Crippen LogP contribution in [0.15, 0.2) is 36.4 Å². The van der Waals surface area contributed by atoms with Crippen LogP contribution < -0.4 is 20.4 Å². The Balaban J connectivity index is 1.01. The number of amides is 4. The standard InChI is InChI=1S/C56H72F4N10O9Si/c1-30(76-4)48(65-55(73)78-6)53(71)68-14-10-11-46(68)51-61-40-24-34(36(57)26-42(40)63-51)44-12-13-45(70(44)33-22-38(59)50(39(60)23-33)67-15-19-80(20-16-67)17-8-9-18-80)35-25-41-43(27-37(35)58)64-52(62-41)47-21-32(29-75-3)28-69(47)54(72)49(31(2)77-5)66-56(74)79-7/h22-27,30-32,44-49H,8-21,28-29H2,1-7H3,(H,61,63)(H,62,64)(H,65,73)(H,66,74)/t30-,31-,32+,44+,45+,46+,47+,48+,49+/m1/s1. The van der Waals surface area contributed by atoms with Crippen molar-refractivity contribution in [1.82, 2.24) is 40.4 Å². The van der Waals surface area contributed by atoms with E-state index in [2.05, 4.69) is 20.6 Å². The summed E-state index contributed by atoms with van der Waals surface area (Å²) in [7, 11) is 5.39. The van der Waals surface area contributed by atoms with Gasteiger partial charge in [0, 0.05) is 70.2 Å². The van der Waals surface area contributed by atoms with Gasteiger partial charge >= 0.3 is 12.2 Å². The number of likely N-dealkylation sites (tertiary alicyclic amines) is 2. The van der Waals surface area contributed by atoms with Crippen LogP contribution in [0.1, 0.15) is 106 Å². The first-order chi connectivity index (χ1) is 38.5. The van der Waals surface area contributed by atoms with E-state index in [1.54, 1.807) is 47.8 Å². The normalized spacial score (nSPS) is 23.5. The van der Waals surface area contributed by atoms with Gasteiger partial charge in [0.1, 0.15) is 41.1 Å². The molecular weight excluding hydrogens is 1060 g/mol. The number of nitrogens with zero attached hydrogens (tertiary/aromatic N) is 6. The van der Waals surface area contributed by atoms with Gasteiger partial charge in [-0.15, -0.1) is 0 Å². The molecule has 19 nitrogen and oxygen atoms in total. The number of hydrogen-bond acceptors (Lipinski definition) is 13. The van der Waals surface area contributed by atoms with Crippen molar-refractivity contribution in [2.45, 2.75) is 131 Å². The molecule has 80 heavy (non-hydrogen) atoms. The molecule has 5 fully saturated rings. The minimum Gasteiger partial charge on any atom is -0.453 e. The van der Waals surface area contributed by atoms with Crippen LogP contribution in [0.4, 0.5) is 38.5 Å². The Hall–Kier alpha value is -6.50. The van der Waals surface area contributed by atoms with Crippen LogP contribution in [0.2, 0.25) is 24.2 Å². The van der Waals surface area contributed by atoms with Crippen LogP contribution in [0, 0.1) is 29.2 Å². The quantitative estimate of drug-likeness (QED) is 0.0539. The number of halogens is 4. The van der Waals surface area contributed by atoms with Crippen LogP contribution in [-0.2, 0) is 33.3 Å². The Morgan fingerprint density at radius 2 is 1.15 bits per heavy atom. The van der Waals surface area contributed by atoms with E-state index < -0.39 is 104 Å². The third-order valence-corrected chi connectivity index (χ3v) is 23.2. The monoisotopic (exact) mass is 1130 g/mol. The Morgan fingerprint density at radius 3 is 1.65 bits per heavy atom. The highest BCUT2D eigenvalue weighted by atomic mass is 28.3. The molecule has 3 aromatic carbocycles. The zero-order chi connectivity index (χ0) is 56.7. The van der Waals surface area contributed by atoms with E-state index in [1.165, 1.54) is 77.6 Å². The second-order valence-corrected chi connectivity index (χ2v) is 27.4. The summed E-state index contributed by atoms with van der Waals surface area (Å²) >= 11 is 0. The molecule has 24 heteroatoms. The topological polar surface area (TPSA) is 209 Å². The van der Waals surface area contributed by atoms with Crippen molar-refractivity contribution in [3.63, 3.8) is 0 Å². The lowest BCUT2D eigenvalue weighted by atomic mass is 10.0. The molecule has 4 amide bonds. The summed E-state index contributed by atoms with van der Waals surface area (Å²) in [5, 5.41) is 5.18. The van der Waals surface area contributed by atoms with Gasteiger partial charge in [-0.1, -0.05) is 24.9 Å². The van der Waals surface area contributed by atoms with Crippen LogP contribution in [-0.4, -0.2) is 154 Å². The summed E-state index contributed by atoms with van der Waals surface area (Å²) in [6, 6.07) is 7.73. The molecule has 0 unspecified atom stereocenters. The predicted molar refractivity (Wildman–Crippen MR) is 292 cm³/mol. The van der Waals surface area contributed by atoms with Crippen molar-refractivity contribution in [2.75, 3.05) is 78.1 Å². The zero-order valence-corrected chi connectivity index (χ0v) is 47.3. The fourth-order valence-electron chi connectivity index (χ4n) is 13.4. The maximum Gasteiger partial charge on any atom is 0.407 e. The van der Waals surface area contributed by atoms with Crippen molar-refractivity contribution < 1.29 is 60.4 Å². The summed E-state index contributed by atoms with van der Waals surface area (Å²) in [6.07, 6.45) is 1.47. The third-order valence-electron chi connectivity index (χ3n) is 17.8. The van der Waals surface area contributed by atoms with Crippen molar-refractivity contribution in [2.24, 2.45) is 5.92 Å². The molecule has 4 N–H and O–H groups in total. The van der Waals surface area contributed by atoms with Crippen molar-refractivity contribution >= 4 is 65.5 Å². The minimum absolute atomic E-state index is 0.101. The molecule has 5 saturated heterocycles. The van der Waals surface area contributed by atoms with E-state index in [1.807, 2.05) is 4.90 Å². The number of nitrogens with one attached hydrogen (secondary N) is 4. The predicted octanol–water partition coefficient (Wildman–Crippen LogP) is 8.86. The second-order valence-electron chi connectivity index (χ2n) is 22.4. The number of aromatic nitrogens is 4. The summed E-state index contributed by atoms with van der Waals surface area (Å²) in [6.45, 7) is 5.42. The molecule has 10 rings (SSSR count). The number of carbonyl (C=O) groups excluding carboxylic acids is 4. The highest BCUT2D eigenvalue weighted by Gasteiger charge is 2.45. The lowest BCUT2D eigenvalue weighted by Gasteiger charge is -2.39. The molecule has 9 atom stereocenters. The van der Waals surface area contributed by atoms with Gasteiger partial charge in [-0.2, -0.15) is 0 Å². The van der Waals surface area contributed by atoms with E-state index in [-0.39, 0.29) is 47.8 Å². The molecule has 2 aromatic heterocycles. The number of benzene rings is 3. The number of fused-ring (bicyclic) bond motifs is 2. The Bertz CT molecular complexity index is 3090. The van der Waals surface area contributed by atoms with Crippen LogP contribution >= 0.6 is 0 Å². The fraction of sp³-hybridized carbons (Fsp3) is 0.571. The summed E-state index contributed by atoms with van der Waals surface area (Å²) in [5.41, 5.74) is 1.76. The van der Waals surface area contributed by atoms with Crippen molar-refractivity contribution in [1.29, 1.82) is 0 Å². The maximum atomic E-state index is 17.1. The first-order valence-corrected chi connectivity index (χ1v) is 30.6. The number of carbonyl (C=O) groups is 4. The molecule has 0 aliphatic carbocycles. The van der Waals surface area contributed by atoms with Crippen molar-refractivity contribution in [3.05, 3.63) is 82.4 Å². The molecule has 0 radical (unpaired) electrons. The van der Waals surface area contributed by atoms with Gasteiger partial charge in [-0.05, 0) is 94.4 Å². The van der Waals surface area contributed by atoms with Gasteiger partial charge in [-0.25, -0.2) is 37.1 Å². The number of ether oxygens (including phenoxy) is 5. The third kappa shape index (κ3) is 10.9. The van der Waals surface area contributed by atoms with Gasteiger partial charge in [0.2, 0.25) is 11.8 Å². The average Bonchev–Trinajstić information content (AvgIpc) is 4.38. The molecule has 5 aliphatic heterocycles. The number of alkyl carbamates (subject to hydrolysis) is 2. The maximum absolute atomic E-state index is 17.1. The molecule has 0 bridgehead atoms. The van der Waals surface area contributed by atoms with Crippen LogP contribution in [0.25, 0.3) is 22.1 Å². The highest BCUT2D eigenvalue weighted by molar-refractivity contribution is 6.80. The Morgan fingerprint density at radius 1 is 0.637 bits per heavy atom. The summed E-state index contributed by atoms with van der Waals surface area (Å²) in [5.74, 6) is -2.99. The average molecular weight is 1130 g/mol. The lowest BCUT2D eigenvalue weighted by Crippen LogP contribution is -2.54. The molecular formula is C56H72F4N10O9Si. The smallest absolute Gasteiger partial charge is 0.407 e. The van der Waals surface area contributed by atoms with E-state index in [4.69, 9.17) is 33.7 Å². The number of aromatic amines is 2. The first-order valence-electron chi connectivity index (χ1n) is 27.7. The molecule has 432 valence electrons. The lowest BCUT2D eigenvalue weighted by molar-refractivity contribution is -0.138. The molecule has 5 aliphatic rings. The Labute approximate surface area is 462 Å². The summed E-state index contributed by atoms with van der Waals surface area (Å²) in [4.78, 5) is 76.2. The molecule has 7 heterocycles. The SMILES string of the molecule is COC[C@H]1C[C@@H](c2nc3cc([C@@H]4CC[C@@H](c5cc6nc([C@@H]7CCCN7C(=O)[C@@H](NC(=O)OC)[C@@H](C)OC)[nH]c6cc5F)N4c4cc(F)c(N5CC[Si]6(CCCC6)CC5)c(F)c4)c(F)cc3[nH]2)N(C(=O)[C@@H](NC(=O)OC)[C@@H](C)OC)C1. The number of rotatable bonds is 16. The zero-order valence-electron chi connectivity index (χ0n) is 46.3. The van der Waals surface area contributed by atoms with E-state index in [9.17, 15) is 19.2 Å². The number of anilines is 2. The van der Waals surface area contributed by atoms with Crippen LogP contribution in [0.5, 0.6) is 0 Å². The highest BCUT2D eigenvalue weighted by Crippen LogP contribution is 2.51. The van der Waals surface area contributed by atoms with Crippen molar-refractivity contribution in [3.8, 4) is 0 Å². The minimum atomic E-state index is -1.44. The van der Waals surface area contributed by atoms with Gasteiger partial charge in [0.15, 0.2) is 11.6 Å². The van der Waals surface area contributed by atoms with E-state index in [0.29, 0.717) is 79.2 Å². The largest absolute Gasteiger partial charge is 0.453 e. The van der Waals surface area contributed by atoms with E-state index in [0.717, 1.165) is 12.1 Å². The summed E-state index contributed by atoms with van der Waals surface area (Å²) < 4.78 is 94.0. The molecule has 1 spiro atoms. The van der Waals surface area contributed by atoms with Crippen LogP contribution in [0.3, 0.4) is 0 Å². The van der Waals surface area contributed by atoms with Gasteiger partial charge in [0.05, 0.1) is 87.3 Å². The van der Waals surface area contributed by atoms with Gasteiger partial charge in [0.25, 0.3) is 0 Å².